The number of hydrogen-bond donors (Lipinski definition) is 0. The SMILES string of the molecule is Cl.c1cc(-c2ccc3c(c2)OCO3)ccc1COC1CN2CCC1CC2. The molecule has 0 aromatic heterocycles. The zero-order valence-corrected chi connectivity index (χ0v) is 15.5. The minimum atomic E-state index is 0. The molecule has 0 radical (unpaired) electrons. The Hall–Kier alpha value is -1.75. The Labute approximate surface area is 160 Å². The highest BCUT2D eigenvalue weighted by Crippen LogP contribution is 2.36. The number of benzene rings is 2. The van der Waals surface area contributed by atoms with Crippen LogP contribution in [0.4, 0.5) is 0 Å². The van der Waals surface area contributed by atoms with Crippen molar-refractivity contribution in [3.8, 4) is 22.6 Å². The molecule has 4 nitrogen and oxygen atoms in total. The Kier molecular flexibility index (Phi) is 5.07. The quantitative estimate of drug-likeness (QED) is 0.806. The number of piperidine rings is 3. The van der Waals surface area contributed by atoms with Crippen molar-refractivity contribution in [3.63, 3.8) is 0 Å². The van der Waals surface area contributed by atoms with E-state index >= 15 is 0 Å². The van der Waals surface area contributed by atoms with Crippen LogP contribution in [0.15, 0.2) is 42.5 Å². The summed E-state index contributed by atoms with van der Waals surface area (Å²) in [5, 5.41) is 0. The van der Waals surface area contributed by atoms with Gasteiger partial charge in [0.2, 0.25) is 6.79 Å². The molecule has 26 heavy (non-hydrogen) atoms. The van der Waals surface area contributed by atoms with Gasteiger partial charge in [-0.3, -0.25) is 0 Å². The van der Waals surface area contributed by atoms with Crippen molar-refractivity contribution in [2.45, 2.75) is 25.6 Å². The molecule has 1 atom stereocenters. The maximum absolute atomic E-state index is 6.23. The molecule has 0 amide bonds. The Morgan fingerprint density at radius 1 is 0.923 bits per heavy atom. The lowest BCUT2D eigenvalue weighted by molar-refractivity contribution is -0.0765. The van der Waals surface area contributed by atoms with E-state index in [0.717, 1.165) is 29.5 Å². The molecule has 3 saturated heterocycles. The van der Waals surface area contributed by atoms with Gasteiger partial charge in [0, 0.05) is 6.54 Å². The molecule has 1 unspecified atom stereocenters. The highest BCUT2D eigenvalue weighted by molar-refractivity contribution is 5.85. The van der Waals surface area contributed by atoms with Crippen molar-refractivity contribution in [3.05, 3.63) is 48.0 Å². The number of halogens is 1. The molecule has 0 saturated carbocycles. The highest BCUT2D eigenvalue weighted by atomic mass is 35.5. The van der Waals surface area contributed by atoms with E-state index in [1.54, 1.807) is 0 Å². The molecule has 4 aliphatic heterocycles. The second-order valence-corrected chi connectivity index (χ2v) is 7.25. The standard InChI is InChI=1S/C21H23NO3.ClH/c1-3-16(18-5-6-19-20(11-18)25-14-24-19)4-2-15(1)13-23-21-12-22-9-7-17(21)8-10-22;/h1-6,11,17,21H,7-10,12-14H2;1H. The zero-order chi connectivity index (χ0) is 16.6. The van der Waals surface area contributed by atoms with Crippen LogP contribution in [0.5, 0.6) is 11.5 Å². The van der Waals surface area contributed by atoms with Crippen LogP contribution in [0, 0.1) is 5.92 Å². The van der Waals surface area contributed by atoms with Crippen molar-refractivity contribution in [1.82, 2.24) is 4.90 Å². The molecule has 0 N–H and O–H groups in total. The lowest BCUT2D eigenvalue weighted by atomic mass is 9.86. The van der Waals surface area contributed by atoms with Gasteiger partial charge in [-0.1, -0.05) is 30.3 Å². The first kappa shape index (κ1) is 17.7. The van der Waals surface area contributed by atoms with Gasteiger partial charge in [-0.25, -0.2) is 0 Å². The normalized spacial score (nSPS) is 25.8. The number of nitrogens with zero attached hydrogens (tertiary/aromatic N) is 1. The number of rotatable bonds is 4. The highest BCUT2D eigenvalue weighted by Gasteiger charge is 2.34. The number of hydrogen-bond acceptors (Lipinski definition) is 4. The molecule has 138 valence electrons. The summed E-state index contributed by atoms with van der Waals surface area (Å²) in [4.78, 5) is 2.54. The second kappa shape index (κ2) is 7.47. The van der Waals surface area contributed by atoms with Gasteiger partial charge in [0.1, 0.15) is 0 Å². The lowest BCUT2D eigenvalue weighted by Gasteiger charge is -2.44. The van der Waals surface area contributed by atoms with Gasteiger partial charge in [0.25, 0.3) is 0 Å². The first-order chi connectivity index (χ1) is 12.3. The van der Waals surface area contributed by atoms with Crippen molar-refractivity contribution < 1.29 is 14.2 Å². The smallest absolute Gasteiger partial charge is 0.231 e. The Balaban J connectivity index is 0.00000168. The fraction of sp³-hybridized carbons (Fsp3) is 0.429. The van der Waals surface area contributed by atoms with Gasteiger partial charge in [-0.2, -0.15) is 0 Å². The van der Waals surface area contributed by atoms with Crippen LogP contribution in [0.25, 0.3) is 11.1 Å². The van der Waals surface area contributed by atoms with Crippen molar-refractivity contribution in [1.29, 1.82) is 0 Å². The molecule has 0 spiro atoms. The van der Waals surface area contributed by atoms with E-state index in [-0.39, 0.29) is 12.4 Å². The van der Waals surface area contributed by atoms with E-state index in [2.05, 4.69) is 35.2 Å². The van der Waals surface area contributed by atoms with Crippen molar-refractivity contribution in [2.75, 3.05) is 26.4 Å². The predicted octanol–water partition coefficient (Wildman–Crippen LogP) is 4.11. The van der Waals surface area contributed by atoms with Crippen LogP contribution in [0.1, 0.15) is 18.4 Å². The predicted molar refractivity (Wildman–Crippen MR) is 103 cm³/mol. The van der Waals surface area contributed by atoms with Gasteiger partial charge in [0.05, 0.1) is 12.7 Å². The summed E-state index contributed by atoms with van der Waals surface area (Å²) in [6, 6.07) is 14.7. The van der Waals surface area contributed by atoms with Gasteiger partial charge in [-0.05, 0) is 60.7 Å². The van der Waals surface area contributed by atoms with Crippen molar-refractivity contribution in [2.24, 2.45) is 5.92 Å². The van der Waals surface area contributed by atoms with Gasteiger partial charge in [-0.15, -0.1) is 12.4 Å². The summed E-state index contributed by atoms with van der Waals surface area (Å²) in [7, 11) is 0. The topological polar surface area (TPSA) is 30.9 Å². The summed E-state index contributed by atoms with van der Waals surface area (Å²) >= 11 is 0. The Morgan fingerprint density at radius 2 is 1.65 bits per heavy atom. The van der Waals surface area contributed by atoms with Crippen molar-refractivity contribution >= 4 is 12.4 Å². The maximum atomic E-state index is 6.23. The summed E-state index contributed by atoms with van der Waals surface area (Å²) in [6.07, 6.45) is 3.01. The first-order valence-corrected chi connectivity index (χ1v) is 9.18. The third-order valence-corrected chi connectivity index (χ3v) is 5.72. The van der Waals surface area contributed by atoms with Crippen LogP contribution < -0.4 is 9.47 Å². The van der Waals surface area contributed by atoms with Crippen LogP contribution in [0.3, 0.4) is 0 Å². The molecular weight excluding hydrogens is 350 g/mol. The number of ether oxygens (including phenoxy) is 3. The van der Waals surface area contributed by atoms with Crippen LogP contribution in [0.2, 0.25) is 0 Å². The minimum Gasteiger partial charge on any atom is -0.454 e. The Morgan fingerprint density at radius 3 is 2.38 bits per heavy atom. The second-order valence-electron chi connectivity index (χ2n) is 7.25. The van der Waals surface area contributed by atoms with E-state index in [1.807, 2.05) is 12.1 Å². The molecule has 2 aromatic carbocycles. The molecule has 5 heteroatoms. The third kappa shape index (κ3) is 3.41. The summed E-state index contributed by atoms with van der Waals surface area (Å²) in [6.45, 7) is 4.65. The van der Waals surface area contributed by atoms with E-state index in [0.29, 0.717) is 19.5 Å². The molecule has 3 fully saturated rings. The first-order valence-electron chi connectivity index (χ1n) is 9.18. The van der Waals surface area contributed by atoms with Gasteiger partial charge in [0.15, 0.2) is 11.5 Å². The zero-order valence-electron chi connectivity index (χ0n) is 14.7. The Bertz CT molecular complexity index is 756. The summed E-state index contributed by atoms with van der Waals surface area (Å²) < 4.78 is 17.1. The fourth-order valence-corrected chi connectivity index (χ4v) is 4.17. The van der Waals surface area contributed by atoms with Crippen LogP contribution in [-0.4, -0.2) is 37.4 Å². The number of fused-ring (bicyclic) bond motifs is 4. The molecule has 0 aliphatic carbocycles. The monoisotopic (exact) mass is 373 g/mol. The molecular formula is C21H24ClNO3. The third-order valence-electron chi connectivity index (χ3n) is 5.72. The minimum absolute atomic E-state index is 0. The lowest BCUT2D eigenvalue weighted by Crippen LogP contribution is -2.51. The van der Waals surface area contributed by atoms with Crippen LogP contribution in [-0.2, 0) is 11.3 Å². The summed E-state index contributed by atoms with van der Waals surface area (Å²) in [5.41, 5.74) is 3.57. The van der Waals surface area contributed by atoms with E-state index in [1.165, 1.54) is 37.1 Å². The molecule has 6 rings (SSSR count). The van der Waals surface area contributed by atoms with E-state index in [9.17, 15) is 0 Å². The fourth-order valence-electron chi connectivity index (χ4n) is 4.17. The van der Waals surface area contributed by atoms with E-state index < -0.39 is 0 Å². The van der Waals surface area contributed by atoms with Crippen LogP contribution >= 0.6 is 12.4 Å². The van der Waals surface area contributed by atoms with Gasteiger partial charge < -0.3 is 19.1 Å². The van der Waals surface area contributed by atoms with E-state index in [4.69, 9.17) is 14.2 Å². The molecule has 2 bridgehead atoms. The molecule has 4 aliphatic rings. The molecule has 4 heterocycles. The average Bonchev–Trinajstić information content (AvgIpc) is 3.15. The largest absolute Gasteiger partial charge is 0.454 e. The van der Waals surface area contributed by atoms with Gasteiger partial charge >= 0.3 is 0 Å². The average molecular weight is 374 g/mol. The molecule has 2 aromatic rings. The maximum Gasteiger partial charge on any atom is 0.231 e. The summed E-state index contributed by atoms with van der Waals surface area (Å²) in [5.74, 6) is 2.41.